The zero-order chi connectivity index (χ0) is 26.4. The second-order valence-corrected chi connectivity index (χ2v) is 9.67. The number of carbonyl (C=O) groups excluding carboxylic acids is 1. The van der Waals surface area contributed by atoms with Crippen LogP contribution in [0, 0.1) is 0 Å². The molecule has 0 radical (unpaired) electrons. The maximum absolute atomic E-state index is 13.6. The van der Waals surface area contributed by atoms with Crippen molar-refractivity contribution in [1.29, 1.82) is 0 Å². The Labute approximate surface area is 227 Å². The van der Waals surface area contributed by atoms with Gasteiger partial charge in [0.25, 0.3) is 5.91 Å². The van der Waals surface area contributed by atoms with Crippen molar-refractivity contribution in [2.75, 3.05) is 26.4 Å². The third kappa shape index (κ3) is 5.81. The molecule has 6 nitrogen and oxygen atoms in total. The number of nitrogens with zero attached hydrogens (tertiary/aromatic N) is 3. The molecule has 2 aromatic heterocycles. The highest BCUT2D eigenvalue weighted by atomic mass is 16.5. The Morgan fingerprint density at radius 2 is 1.72 bits per heavy atom. The predicted molar refractivity (Wildman–Crippen MR) is 152 cm³/mol. The van der Waals surface area contributed by atoms with E-state index in [0.29, 0.717) is 44.9 Å². The van der Waals surface area contributed by atoms with Crippen LogP contribution in [-0.4, -0.2) is 47.1 Å². The van der Waals surface area contributed by atoms with Crippen molar-refractivity contribution in [2.45, 2.75) is 13.0 Å². The maximum atomic E-state index is 13.6. The van der Waals surface area contributed by atoms with E-state index in [1.807, 2.05) is 53.6 Å². The van der Waals surface area contributed by atoms with E-state index in [2.05, 4.69) is 52.4 Å². The van der Waals surface area contributed by atoms with Crippen molar-refractivity contribution in [2.24, 2.45) is 0 Å². The second kappa shape index (κ2) is 11.5. The van der Waals surface area contributed by atoms with Crippen LogP contribution in [0.15, 0.2) is 104 Å². The van der Waals surface area contributed by atoms with Gasteiger partial charge in [-0.3, -0.25) is 14.8 Å². The van der Waals surface area contributed by atoms with Gasteiger partial charge in [0.15, 0.2) is 0 Å². The highest BCUT2D eigenvalue weighted by molar-refractivity contribution is 5.97. The van der Waals surface area contributed by atoms with Gasteiger partial charge in [-0.05, 0) is 52.6 Å². The Kier molecular flexibility index (Phi) is 7.28. The summed E-state index contributed by atoms with van der Waals surface area (Å²) in [5.41, 5.74) is 6.94. The average molecular weight is 516 g/mol. The van der Waals surface area contributed by atoms with Gasteiger partial charge in [-0.1, -0.05) is 54.6 Å². The Morgan fingerprint density at radius 1 is 0.795 bits per heavy atom. The molecule has 0 aliphatic carbocycles. The number of aromatic nitrogens is 2. The zero-order valence-corrected chi connectivity index (χ0v) is 21.6. The minimum absolute atomic E-state index is 0.0583. The molecule has 0 saturated heterocycles. The van der Waals surface area contributed by atoms with Gasteiger partial charge in [-0.25, -0.2) is 0 Å². The fourth-order valence-corrected chi connectivity index (χ4v) is 4.96. The molecule has 0 atom stereocenters. The maximum Gasteiger partial charge on any atom is 0.255 e. The molecule has 1 amide bonds. The summed E-state index contributed by atoms with van der Waals surface area (Å²) in [5.74, 6) is 0.798. The van der Waals surface area contributed by atoms with Crippen LogP contribution in [0.5, 0.6) is 5.75 Å². The number of hydrogen-bond acceptors (Lipinski definition) is 5. The number of fused-ring (bicyclic) bond motifs is 4. The molecular weight excluding hydrogens is 486 g/mol. The predicted octanol–water partition coefficient (Wildman–Crippen LogP) is 5.94. The summed E-state index contributed by atoms with van der Waals surface area (Å²) in [6, 6.07) is 28.4. The highest BCUT2D eigenvalue weighted by Gasteiger charge is 2.18. The number of benzene rings is 3. The first-order valence-corrected chi connectivity index (χ1v) is 13.2. The first-order chi connectivity index (χ1) is 19.2. The van der Waals surface area contributed by atoms with Crippen molar-refractivity contribution in [3.05, 3.63) is 126 Å². The molecule has 3 aromatic carbocycles. The van der Waals surface area contributed by atoms with Crippen LogP contribution in [0.1, 0.15) is 27.0 Å². The minimum Gasteiger partial charge on any atom is -0.491 e. The quantitative estimate of drug-likeness (QED) is 0.291. The largest absolute Gasteiger partial charge is 0.491 e. The van der Waals surface area contributed by atoms with E-state index >= 15 is 0 Å². The molecular formula is C33H29N3O3. The monoisotopic (exact) mass is 515 g/mol. The summed E-state index contributed by atoms with van der Waals surface area (Å²) in [5, 5.41) is 0.949. The molecule has 0 spiro atoms. The molecule has 6 rings (SSSR count). The molecule has 0 fully saturated rings. The fraction of sp³-hybridized carbons (Fsp3) is 0.182. The van der Waals surface area contributed by atoms with Crippen molar-refractivity contribution in [3.8, 4) is 16.9 Å². The van der Waals surface area contributed by atoms with Gasteiger partial charge in [0.05, 0.1) is 24.3 Å². The Bertz CT molecular complexity index is 1600. The van der Waals surface area contributed by atoms with Crippen molar-refractivity contribution in [1.82, 2.24) is 14.9 Å². The van der Waals surface area contributed by atoms with Gasteiger partial charge in [-0.2, -0.15) is 0 Å². The third-order valence-corrected chi connectivity index (χ3v) is 6.93. The minimum atomic E-state index is -0.0583. The molecule has 5 aromatic rings. The van der Waals surface area contributed by atoms with E-state index in [4.69, 9.17) is 9.47 Å². The summed E-state index contributed by atoms with van der Waals surface area (Å²) in [6.07, 6.45) is 6.03. The van der Waals surface area contributed by atoms with Crippen LogP contribution < -0.4 is 4.74 Å². The summed E-state index contributed by atoms with van der Waals surface area (Å²) in [6.45, 7) is 2.25. The van der Waals surface area contributed by atoms with Gasteiger partial charge in [0.2, 0.25) is 0 Å². The number of pyridine rings is 2. The number of ether oxygens (including phenoxy) is 2. The molecule has 1 aliphatic heterocycles. The second-order valence-electron chi connectivity index (χ2n) is 9.67. The molecule has 3 heterocycles. The standard InChI is InChI=1S/C33H29N3O3/c37-33(30-20-27-7-1-2-9-31(27)35-22-30)36-13-14-38-15-16-39-32-11-10-26(28-8-4-12-34-21-28)19-29(32)18-24-5-3-6-25(17-24)23-36/h1-12,17,19-22H,13-16,18,23H2. The van der Waals surface area contributed by atoms with Gasteiger partial charge >= 0.3 is 0 Å². The lowest BCUT2D eigenvalue weighted by molar-refractivity contribution is 0.0571. The van der Waals surface area contributed by atoms with Gasteiger partial charge in [0, 0.05) is 49.1 Å². The van der Waals surface area contributed by atoms with Crippen LogP contribution in [0.3, 0.4) is 0 Å². The molecule has 0 saturated carbocycles. The lowest BCUT2D eigenvalue weighted by Gasteiger charge is -2.24. The number of para-hydroxylation sites is 1. The number of hydrogen-bond donors (Lipinski definition) is 0. The van der Waals surface area contributed by atoms with Crippen LogP contribution >= 0.6 is 0 Å². The zero-order valence-electron chi connectivity index (χ0n) is 21.6. The lowest BCUT2D eigenvalue weighted by Crippen LogP contribution is -2.34. The van der Waals surface area contributed by atoms with Gasteiger partial charge in [0.1, 0.15) is 12.4 Å². The lowest BCUT2D eigenvalue weighted by atomic mass is 9.98. The van der Waals surface area contributed by atoms with Crippen LogP contribution in [0.4, 0.5) is 0 Å². The van der Waals surface area contributed by atoms with Gasteiger partial charge < -0.3 is 14.4 Å². The first kappa shape index (κ1) is 24.8. The summed E-state index contributed by atoms with van der Waals surface area (Å²) < 4.78 is 12.0. The van der Waals surface area contributed by atoms with E-state index < -0.39 is 0 Å². The molecule has 0 unspecified atom stereocenters. The Hall–Kier alpha value is -4.55. The molecule has 194 valence electrons. The van der Waals surface area contributed by atoms with Crippen LogP contribution in [0.2, 0.25) is 0 Å². The normalized spacial score (nSPS) is 14.2. The summed E-state index contributed by atoms with van der Waals surface area (Å²) in [7, 11) is 0. The Balaban J connectivity index is 1.30. The van der Waals surface area contributed by atoms with E-state index in [0.717, 1.165) is 44.5 Å². The smallest absolute Gasteiger partial charge is 0.255 e. The summed E-state index contributed by atoms with van der Waals surface area (Å²) in [4.78, 5) is 24.2. The van der Waals surface area contributed by atoms with Crippen molar-refractivity contribution in [3.63, 3.8) is 0 Å². The van der Waals surface area contributed by atoms with Crippen molar-refractivity contribution >= 4 is 16.8 Å². The fourth-order valence-electron chi connectivity index (χ4n) is 4.96. The van der Waals surface area contributed by atoms with E-state index in [9.17, 15) is 4.79 Å². The average Bonchev–Trinajstić information content (AvgIpc) is 2.98. The van der Waals surface area contributed by atoms with Gasteiger partial charge in [-0.15, -0.1) is 0 Å². The van der Waals surface area contributed by atoms with E-state index in [-0.39, 0.29) is 5.91 Å². The van der Waals surface area contributed by atoms with Crippen molar-refractivity contribution < 1.29 is 14.3 Å². The first-order valence-electron chi connectivity index (χ1n) is 13.2. The Morgan fingerprint density at radius 3 is 2.64 bits per heavy atom. The molecule has 0 N–H and O–H groups in total. The van der Waals surface area contributed by atoms with Crippen LogP contribution in [-0.2, 0) is 17.7 Å². The molecule has 6 heteroatoms. The molecule has 2 bridgehead atoms. The van der Waals surface area contributed by atoms with E-state index in [1.165, 1.54) is 0 Å². The third-order valence-electron chi connectivity index (χ3n) is 6.93. The summed E-state index contributed by atoms with van der Waals surface area (Å²) >= 11 is 0. The molecule has 1 aliphatic rings. The molecule has 39 heavy (non-hydrogen) atoms. The van der Waals surface area contributed by atoms with E-state index in [1.54, 1.807) is 12.4 Å². The number of amides is 1. The SMILES string of the molecule is O=C(c1cnc2ccccc2c1)N1CCOCCOc2ccc(-c3cccnc3)cc2Cc2cccc(c2)C1. The number of rotatable bonds is 2. The van der Waals surface area contributed by atoms with Crippen LogP contribution in [0.25, 0.3) is 22.0 Å². The highest BCUT2D eigenvalue weighted by Crippen LogP contribution is 2.29. The number of carbonyl (C=O) groups is 1. The topological polar surface area (TPSA) is 64.6 Å².